The number of piperidine rings is 1. The molecule has 1 aromatic carbocycles. The lowest BCUT2D eigenvalue weighted by molar-refractivity contribution is -0.930. The van der Waals surface area contributed by atoms with Crippen LogP contribution in [0.1, 0.15) is 64.7 Å². The lowest BCUT2D eigenvalue weighted by atomic mass is 9.94. The third-order valence-electron chi connectivity index (χ3n) is 7.66. The van der Waals surface area contributed by atoms with Crippen molar-refractivity contribution in [3.63, 3.8) is 0 Å². The molecule has 9 heteroatoms. The van der Waals surface area contributed by atoms with E-state index in [-0.39, 0.29) is 15.8 Å². The first-order valence-electron chi connectivity index (χ1n) is 12.3. The van der Waals surface area contributed by atoms with Crippen LogP contribution in [-0.2, 0) is 20.0 Å². The van der Waals surface area contributed by atoms with Gasteiger partial charge in [-0.3, -0.25) is 0 Å². The molecule has 3 aliphatic rings. The molecular formula is C23H38N3O4S2+. The average molecular weight is 485 g/mol. The maximum absolute atomic E-state index is 13.2. The first kappa shape index (κ1) is 24.1. The Morgan fingerprint density at radius 1 is 0.781 bits per heavy atom. The van der Waals surface area contributed by atoms with Crippen molar-refractivity contribution in [2.75, 3.05) is 32.7 Å². The molecule has 1 saturated carbocycles. The molecule has 0 amide bonds. The van der Waals surface area contributed by atoms with E-state index in [9.17, 15) is 16.8 Å². The van der Waals surface area contributed by atoms with E-state index >= 15 is 0 Å². The fourth-order valence-electron chi connectivity index (χ4n) is 5.70. The van der Waals surface area contributed by atoms with Crippen molar-refractivity contribution in [2.24, 2.45) is 0 Å². The van der Waals surface area contributed by atoms with E-state index in [1.54, 1.807) is 13.5 Å². The Morgan fingerprint density at radius 3 is 1.94 bits per heavy atom. The van der Waals surface area contributed by atoms with Crippen LogP contribution in [0.3, 0.4) is 0 Å². The molecule has 1 aromatic rings. The molecule has 0 radical (unpaired) electrons. The van der Waals surface area contributed by atoms with Crippen molar-refractivity contribution in [1.82, 2.24) is 8.61 Å². The summed E-state index contributed by atoms with van der Waals surface area (Å²) in [7, 11) is -7.22. The Balaban J connectivity index is 1.44. The molecule has 2 heterocycles. The van der Waals surface area contributed by atoms with E-state index in [1.165, 1.54) is 56.4 Å². The molecule has 4 rings (SSSR count). The Hall–Kier alpha value is -1.00. The molecule has 0 unspecified atom stereocenters. The highest BCUT2D eigenvalue weighted by Crippen LogP contribution is 2.28. The van der Waals surface area contributed by atoms with Crippen molar-refractivity contribution in [3.05, 3.63) is 24.3 Å². The summed E-state index contributed by atoms with van der Waals surface area (Å²) in [6.07, 6.45) is 10.0. The Bertz CT molecular complexity index is 965. The predicted molar refractivity (Wildman–Crippen MR) is 125 cm³/mol. The first-order chi connectivity index (χ1) is 15.3. The summed E-state index contributed by atoms with van der Waals surface area (Å²) in [5.41, 5.74) is 0. The van der Waals surface area contributed by atoms with E-state index in [0.717, 1.165) is 38.8 Å². The summed E-state index contributed by atoms with van der Waals surface area (Å²) in [5.74, 6) is 0. The van der Waals surface area contributed by atoms with Gasteiger partial charge >= 0.3 is 0 Å². The summed E-state index contributed by atoms with van der Waals surface area (Å²) < 4.78 is 55.9. The molecule has 0 spiro atoms. The number of nitrogens with one attached hydrogen (secondary N) is 1. The standard InChI is InChI=1S/C23H37N3O4S2/c1-2-20-8-6-7-15-26(20)32(29,30)23-13-11-22(12-14-23)31(27,28)25-18-16-24(17-19-25)21-9-4-3-5-10-21/h11-14,20-21H,2-10,15-19H2,1H3/p+1/t20-/m0/s1. The normalized spacial score (nSPS) is 25.7. The molecule has 7 nitrogen and oxygen atoms in total. The Kier molecular flexibility index (Phi) is 7.61. The molecule has 2 saturated heterocycles. The predicted octanol–water partition coefficient (Wildman–Crippen LogP) is 1.86. The molecule has 1 atom stereocenters. The van der Waals surface area contributed by atoms with Crippen LogP contribution in [0.4, 0.5) is 0 Å². The lowest BCUT2D eigenvalue weighted by Gasteiger charge is -2.37. The molecular weight excluding hydrogens is 446 g/mol. The van der Waals surface area contributed by atoms with E-state index in [1.807, 2.05) is 6.92 Å². The smallest absolute Gasteiger partial charge is 0.243 e. The van der Waals surface area contributed by atoms with Gasteiger partial charge in [0.05, 0.1) is 42.0 Å². The molecule has 0 aromatic heterocycles. The monoisotopic (exact) mass is 484 g/mol. The quantitative estimate of drug-likeness (QED) is 0.669. The maximum atomic E-state index is 13.2. The van der Waals surface area contributed by atoms with E-state index in [4.69, 9.17) is 0 Å². The highest BCUT2D eigenvalue weighted by atomic mass is 32.2. The zero-order valence-corrected chi connectivity index (χ0v) is 20.8. The largest absolute Gasteiger partial charge is 0.330 e. The van der Waals surface area contributed by atoms with Crippen molar-refractivity contribution in [2.45, 2.75) is 86.6 Å². The highest BCUT2D eigenvalue weighted by molar-refractivity contribution is 7.89. The highest BCUT2D eigenvalue weighted by Gasteiger charge is 2.35. The van der Waals surface area contributed by atoms with Gasteiger partial charge in [0.15, 0.2) is 0 Å². The Morgan fingerprint density at radius 2 is 1.34 bits per heavy atom. The summed E-state index contributed by atoms with van der Waals surface area (Å²) >= 11 is 0. The molecule has 180 valence electrons. The minimum atomic E-state index is -3.61. The summed E-state index contributed by atoms with van der Waals surface area (Å²) in [6, 6.07) is 6.57. The number of piperazine rings is 1. The van der Waals surface area contributed by atoms with Crippen LogP contribution in [0.2, 0.25) is 0 Å². The van der Waals surface area contributed by atoms with Gasteiger partial charge in [0.25, 0.3) is 0 Å². The van der Waals surface area contributed by atoms with Crippen molar-refractivity contribution in [1.29, 1.82) is 0 Å². The fourth-order valence-corrected chi connectivity index (χ4v) is 8.91. The van der Waals surface area contributed by atoms with Crippen LogP contribution in [0.25, 0.3) is 0 Å². The van der Waals surface area contributed by atoms with Crippen molar-refractivity contribution >= 4 is 20.0 Å². The number of hydrogen-bond acceptors (Lipinski definition) is 4. The van der Waals surface area contributed by atoms with Crippen LogP contribution in [-0.4, -0.2) is 70.3 Å². The van der Waals surface area contributed by atoms with Crippen LogP contribution in [0.15, 0.2) is 34.1 Å². The van der Waals surface area contributed by atoms with Gasteiger partial charge in [-0.2, -0.15) is 8.61 Å². The summed E-state index contributed by atoms with van der Waals surface area (Å²) in [6.45, 7) is 5.31. The number of nitrogens with zero attached hydrogens (tertiary/aromatic N) is 2. The van der Waals surface area contributed by atoms with E-state index in [2.05, 4.69) is 0 Å². The number of rotatable bonds is 6. The number of benzene rings is 1. The van der Waals surface area contributed by atoms with Gasteiger partial charge in [-0.25, -0.2) is 16.8 Å². The van der Waals surface area contributed by atoms with Crippen LogP contribution in [0.5, 0.6) is 0 Å². The molecule has 3 fully saturated rings. The lowest BCUT2D eigenvalue weighted by Crippen LogP contribution is -3.18. The zero-order chi connectivity index (χ0) is 22.8. The average Bonchev–Trinajstić information content (AvgIpc) is 2.84. The molecule has 32 heavy (non-hydrogen) atoms. The van der Waals surface area contributed by atoms with Crippen LogP contribution in [0, 0.1) is 0 Å². The van der Waals surface area contributed by atoms with Crippen molar-refractivity contribution < 1.29 is 21.7 Å². The zero-order valence-electron chi connectivity index (χ0n) is 19.2. The third kappa shape index (κ3) is 4.92. The van der Waals surface area contributed by atoms with Gasteiger partial charge in [0.1, 0.15) is 0 Å². The second kappa shape index (κ2) is 10.1. The number of hydrogen-bond donors (Lipinski definition) is 1. The van der Waals surface area contributed by atoms with E-state index in [0.29, 0.717) is 25.7 Å². The van der Waals surface area contributed by atoms with Gasteiger partial charge in [0, 0.05) is 12.6 Å². The van der Waals surface area contributed by atoms with Crippen molar-refractivity contribution in [3.8, 4) is 0 Å². The minimum absolute atomic E-state index is 0.0279. The van der Waals surface area contributed by atoms with E-state index < -0.39 is 20.0 Å². The molecule has 1 N–H and O–H groups in total. The third-order valence-corrected chi connectivity index (χ3v) is 11.5. The van der Waals surface area contributed by atoms with Gasteiger partial charge in [-0.1, -0.05) is 19.8 Å². The van der Waals surface area contributed by atoms with Gasteiger partial charge in [-0.05, 0) is 69.2 Å². The number of sulfonamides is 2. The molecule has 1 aliphatic carbocycles. The second-order valence-electron chi connectivity index (χ2n) is 9.54. The number of quaternary nitrogens is 1. The summed E-state index contributed by atoms with van der Waals surface area (Å²) in [4.78, 5) is 1.91. The SMILES string of the molecule is CC[C@H]1CCCCN1S(=O)(=O)c1ccc(S(=O)(=O)N2CC[NH+](C3CCCCC3)CC2)cc1. The molecule has 2 aliphatic heterocycles. The summed E-state index contributed by atoms with van der Waals surface area (Å²) in [5, 5.41) is 0. The maximum Gasteiger partial charge on any atom is 0.243 e. The first-order valence-corrected chi connectivity index (χ1v) is 15.2. The fraction of sp³-hybridized carbons (Fsp3) is 0.739. The minimum Gasteiger partial charge on any atom is -0.330 e. The van der Waals surface area contributed by atoms with Gasteiger partial charge in [0.2, 0.25) is 20.0 Å². The molecule has 0 bridgehead atoms. The topological polar surface area (TPSA) is 79.2 Å². The van der Waals surface area contributed by atoms with Crippen LogP contribution < -0.4 is 4.90 Å². The second-order valence-corrected chi connectivity index (χ2v) is 13.4. The Labute approximate surface area is 193 Å². The van der Waals surface area contributed by atoms with Gasteiger partial charge in [-0.15, -0.1) is 0 Å². The van der Waals surface area contributed by atoms with Gasteiger partial charge < -0.3 is 4.90 Å². The van der Waals surface area contributed by atoms with Crippen LogP contribution >= 0.6 is 0 Å².